The van der Waals surface area contributed by atoms with Crippen LogP contribution in [-0.4, -0.2) is 37.4 Å². The zero-order chi connectivity index (χ0) is 15.9. The van der Waals surface area contributed by atoms with E-state index in [1.54, 1.807) is 0 Å². The normalized spacial score (nSPS) is 27.6. The first kappa shape index (κ1) is 16.3. The van der Waals surface area contributed by atoms with Crippen molar-refractivity contribution in [1.82, 2.24) is 10.6 Å². The number of ether oxygens (including phenoxy) is 2. The molecule has 1 amide bonds. The molecule has 0 bridgehead atoms. The molecule has 0 aromatic heterocycles. The molecule has 0 radical (unpaired) electrons. The smallest absolute Gasteiger partial charge is 0.407 e. The van der Waals surface area contributed by atoms with Crippen molar-refractivity contribution in [2.45, 2.75) is 56.8 Å². The number of benzene rings is 1. The molecular weight excluding hydrogens is 292 g/mol. The van der Waals surface area contributed by atoms with Gasteiger partial charge in [0.15, 0.2) is 0 Å². The van der Waals surface area contributed by atoms with E-state index in [-0.39, 0.29) is 12.1 Å². The largest absolute Gasteiger partial charge is 0.445 e. The van der Waals surface area contributed by atoms with Crippen LogP contribution in [0.25, 0.3) is 0 Å². The van der Waals surface area contributed by atoms with Crippen molar-refractivity contribution in [2.24, 2.45) is 0 Å². The van der Waals surface area contributed by atoms with E-state index in [1.807, 2.05) is 30.3 Å². The van der Waals surface area contributed by atoms with Gasteiger partial charge in [0.25, 0.3) is 0 Å². The van der Waals surface area contributed by atoms with E-state index in [2.05, 4.69) is 10.6 Å². The summed E-state index contributed by atoms with van der Waals surface area (Å²) < 4.78 is 10.7. The van der Waals surface area contributed by atoms with Crippen molar-refractivity contribution in [3.8, 4) is 0 Å². The van der Waals surface area contributed by atoms with Crippen LogP contribution in [-0.2, 0) is 16.1 Å². The van der Waals surface area contributed by atoms with Crippen LogP contribution in [0, 0.1) is 0 Å². The Morgan fingerprint density at radius 3 is 2.48 bits per heavy atom. The summed E-state index contributed by atoms with van der Waals surface area (Å²) in [5.74, 6) is 0. The van der Waals surface area contributed by atoms with Crippen molar-refractivity contribution < 1.29 is 14.3 Å². The monoisotopic (exact) mass is 318 g/mol. The molecule has 1 aromatic rings. The second-order valence-corrected chi connectivity index (χ2v) is 6.48. The molecule has 1 aromatic carbocycles. The van der Waals surface area contributed by atoms with Gasteiger partial charge in [0, 0.05) is 24.7 Å². The fourth-order valence-corrected chi connectivity index (χ4v) is 3.34. The highest BCUT2D eigenvalue weighted by atomic mass is 16.5. The van der Waals surface area contributed by atoms with Gasteiger partial charge in [-0.25, -0.2) is 4.79 Å². The van der Waals surface area contributed by atoms with Crippen LogP contribution in [0.5, 0.6) is 0 Å². The molecule has 23 heavy (non-hydrogen) atoms. The zero-order valence-electron chi connectivity index (χ0n) is 13.5. The second-order valence-electron chi connectivity index (χ2n) is 6.48. The summed E-state index contributed by atoms with van der Waals surface area (Å²) in [6.07, 6.45) is 5.01. The van der Waals surface area contributed by atoms with E-state index in [1.165, 1.54) is 0 Å². The average Bonchev–Trinajstić information content (AvgIpc) is 3.09. The predicted molar refractivity (Wildman–Crippen MR) is 88.2 cm³/mol. The highest BCUT2D eigenvalue weighted by molar-refractivity contribution is 5.67. The van der Waals surface area contributed by atoms with Gasteiger partial charge >= 0.3 is 6.09 Å². The standard InChI is InChI=1S/C18H26N2O3/c21-18(23-12-14-4-2-1-3-5-14)20-16-8-6-15(7-9-16)19-17-10-11-22-13-17/h1-5,15-17,19H,6-13H2,(H,20,21). The van der Waals surface area contributed by atoms with Gasteiger partial charge in [-0.15, -0.1) is 0 Å². The number of carbonyl (C=O) groups is 1. The van der Waals surface area contributed by atoms with E-state index >= 15 is 0 Å². The van der Waals surface area contributed by atoms with Gasteiger partial charge in [0.1, 0.15) is 6.61 Å². The van der Waals surface area contributed by atoms with Crippen LogP contribution in [0.4, 0.5) is 4.79 Å². The quantitative estimate of drug-likeness (QED) is 0.876. The van der Waals surface area contributed by atoms with Gasteiger partial charge in [0.05, 0.1) is 6.61 Å². The number of carbonyl (C=O) groups excluding carboxylic acids is 1. The van der Waals surface area contributed by atoms with Gasteiger partial charge in [0.2, 0.25) is 0 Å². The van der Waals surface area contributed by atoms with Gasteiger partial charge in [-0.3, -0.25) is 0 Å². The van der Waals surface area contributed by atoms with Crippen molar-refractivity contribution in [3.63, 3.8) is 0 Å². The Morgan fingerprint density at radius 1 is 1.04 bits per heavy atom. The molecule has 1 aliphatic heterocycles. The number of alkyl carbamates (subject to hydrolysis) is 1. The molecule has 1 heterocycles. The van der Waals surface area contributed by atoms with E-state index in [9.17, 15) is 4.79 Å². The number of hydrogen-bond donors (Lipinski definition) is 2. The molecule has 126 valence electrons. The van der Waals surface area contributed by atoms with Crippen molar-refractivity contribution in [2.75, 3.05) is 13.2 Å². The molecule has 1 saturated carbocycles. The lowest BCUT2D eigenvalue weighted by Crippen LogP contribution is -2.45. The first-order chi connectivity index (χ1) is 11.3. The van der Waals surface area contributed by atoms with E-state index in [0.717, 1.165) is 50.9 Å². The van der Waals surface area contributed by atoms with Gasteiger partial charge in [-0.1, -0.05) is 30.3 Å². The molecule has 2 N–H and O–H groups in total. The van der Waals surface area contributed by atoms with E-state index in [0.29, 0.717) is 18.7 Å². The maximum atomic E-state index is 11.9. The van der Waals surface area contributed by atoms with Gasteiger partial charge in [-0.2, -0.15) is 0 Å². The summed E-state index contributed by atoms with van der Waals surface area (Å²) in [7, 11) is 0. The fraction of sp³-hybridized carbons (Fsp3) is 0.611. The molecule has 2 fully saturated rings. The Morgan fingerprint density at radius 2 is 1.78 bits per heavy atom. The predicted octanol–water partition coefficient (Wildman–Crippen LogP) is 2.60. The average molecular weight is 318 g/mol. The van der Waals surface area contributed by atoms with Crippen LogP contribution in [0.15, 0.2) is 30.3 Å². The molecule has 1 saturated heterocycles. The summed E-state index contributed by atoms with van der Waals surface area (Å²) in [6.45, 7) is 2.04. The molecule has 1 atom stereocenters. The van der Waals surface area contributed by atoms with Crippen LogP contribution in [0.1, 0.15) is 37.7 Å². The van der Waals surface area contributed by atoms with Crippen molar-refractivity contribution in [3.05, 3.63) is 35.9 Å². The second kappa shape index (κ2) is 8.31. The van der Waals surface area contributed by atoms with Crippen LogP contribution >= 0.6 is 0 Å². The highest BCUT2D eigenvalue weighted by Crippen LogP contribution is 2.20. The number of hydrogen-bond acceptors (Lipinski definition) is 4. The van der Waals surface area contributed by atoms with Gasteiger partial charge < -0.3 is 20.1 Å². The highest BCUT2D eigenvalue weighted by Gasteiger charge is 2.25. The lowest BCUT2D eigenvalue weighted by atomic mass is 9.90. The summed E-state index contributed by atoms with van der Waals surface area (Å²) in [6, 6.07) is 11.1. The molecule has 5 heteroatoms. The lowest BCUT2D eigenvalue weighted by Gasteiger charge is -2.31. The van der Waals surface area contributed by atoms with Crippen LogP contribution < -0.4 is 10.6 Å². The molecule has 0 spiro atoms. The third kappa shape index (κ3) is 5.22. The zero-order valence-corrected chi connectivity index (χ0v) is 13.5. The number of nitrogens with one attached hydrogen (secondary N) is 2. The summed E-state index contributed by atoms with van der Waals surface area (Å²) in [5, 5.41) is 6.66. The number of rotatable bonds is 5. The third-order valence-corrected chi connectivity index (χ3v) is 4.66. The Hall–Kier alpha value is -1.59. The molecule has 2 aliphatic rings. The van der Waals surface area contributed by atoms with Crippen molar-refractivity contribution >= 4 is 6.09 Å². The minimum atomic E-state index is -0.311. The summed E-state index contributed by atoms with van der Waals surface area (Å²) in [4.78, 5) is 11.9. The minimum Gasteiger partial charge on any atom is -0.445 e. The Labute approximate surface area is 137 Å². The lowest BCUT2D eigenvalue weighted by molar-refractivity contribution is 0.131. The SMILES string of the molecule is O=C(NC1CCC(NC2CCOC2)CC1)OCc1ccccc1. The Bertz CT molecular complexity index is 480. The maximum absolute atomic E-state index is 11.9. The van der Waals surface area contributed by atoms with E-state index < -0.39 is 0 Å². The first-order valence-corrected chi connectivity index (χ1v) is 8.60. The van der Waals surface area contributed by atoms with Crippen LogP contribution in [0.3, 0.4) is 0 Å². The van der Waals surface area contributed by atoms with Crippen molar-refractivity contribution in [1.29, 1.82) is 0 Å². The Balaban J connectivity index is 1.32. The number of amides is 1. The third-order valence-electron chi connectivity index (χ3n) is 4.66. The fourth-order valence-electron chi connectivity index (χ4n) is 3.34. The summed E-state index contributed by atoms with van der Waals surface area (Å²) in [5.41, 5.74) is 1.01. The molecular formula is C18H26N2O3. The van der Waals surface area contributed by atoms with Crippen LogP contribution in [0.2, 0.25) is 0 Å². The van der Waals surface area contributed by atoms with E-state index in [4.69, 9.17) is 9.47 Å². The molecule has 1 unspecified atom stereocenters. The van der Waals surface area contributed by atoms with Gasteiger partial charge in [-0.05, 0) is 37.7 Å². The molecule has 5 nitrogen and oxygen atoms in total. The summed E-state index contributed by atoms with van der Waals surface area (Å²) >= 11 is 0. The Kier molecular flexibility index (Phi) is 5.88. The molecule has 1 aliphatic carbocycles. The maximum Gasteiger partial charge on any atom is 0.407 e. The topological polar surface area (TPSA) is 59.6 Å². The first-order valence-electron chi connectivity index (χ1n) is 8.60. The molecule has 3 rings (SSSR count). The minimum absolute atomic E-state index is 0.233.